The summed E-state index contributed by atoms with van der Waals surface area (Å²) in [5, 5.41) is 12.4. The molecule has 0 saturated carbocycles. The number of hydrogen-bond donors (Lipinski definition) is 1. The molecule has 6 heteroatoms. The van der Waals surface area contributed by atoms with Gasteiger partial charge in [-0.05, 0) is 81.5 Å². The van der Waals surface area contributed by atoms with Crippen LogP contribution in [0.3, 0.4) is 0 Å². The fraction of sp³-hybridized carbons (Fsp3) is 0.200. The number of phenols is 1. The summed E-state index contributed by atoms with van der Waals surface area (Å²) in [7, 11) is -2.21. The molecule has 2 aromatic rings. The van der Waals surface area contributed by atoms with E-state index in [-0.39, 0.29) is 11.5 Å². The Morgan fingerprint density at radius 2 is 2.04 bits per heavy atom. The number of rotatable bonds is 3. The number of aliphatic imine (C=N–C) groups is 1. The SMILES string of the molecule is CCC[Si]1(C)C2=C(c3ccc(I)s3)C(=O)C=CC2=Nc2ccc(O)cc21. The zero-order chi connectivity index (χ0) is 18.5. The molecule has 1 unspecified atom stereocenters. The van der Waals surface area contributed by atoms with Crippen molar-refractivity contribution in [2.75, 3.05) is 0 Å². The summed E-state index contributed by atoms with van der Waals surface area (Å²) in [6.07, 6.45) is 4.55. The average Bonchev–Trinajstić information content (AvgIpc) is 3.03. The first kappa shape index (κ1) is 17.9. The molecule has 1 aromatic heterocycles. The Morgan fingerprint density at radius 1 is 1.23 bits per heavy atom. The number of fused-ring (bicyclic) bond motifs is 2. The number of carbonyl (C=O) groups excluding carboxylic acids is 1. The van der Waals surface area contributed by atoms with Crippen LogP contribution in [0, 0.1) is 2.88 Å². The van der Waals surface area contributed by atoms with E-state index in [1.54, 1.807) is 23.5 Å². The lowest BCUT2D eigenvalue weighted by Crippen LogP contribution is -2.52. The van der Waals surface area contributed by atoms with E-state index < -0.39 is 8.07 Å². The molecule has 0 spiro atoms. The van der Waals surface area contributed by atoms with Crippen LogP contribution < -0.4 is 5.19 Å². The molecule has 3 nitrogen and oxygen atoms in total. The van der Waals surface area contributed by atoms with Gasteiger partial charge in [-0.3, -0.25) is 4.79 Å². The fourth-order valence-electron chi connectivity index (χ4n) is 4.01. The first-order valence-corrected chi connectivity index (χ1v) is 13.2. The molecule has 2 heterocycles. The number of nitrogens with zero attached hydrogens (tertiary/aromatic N) is 1. The van der Waals surface area contributed by atoms with Gasteiger partial charge in [0.1, 0.15) is 13.8 Å². The maximum Gasteiger partial charge on any atom is 0.187 e. The van der Waals surface area contributed by atoms with E-state index in [0.29, 0.717) is 0 Å². The molecule has 1 aromatic carbocycles. The predicted molar refractivity (Wildman–Crippen MR) is 120 cm³/mol. The van der Waals surface area contributed by atoms with E-state index in [2.05, 4.69) is 42.1 Å². The standard InChI is InChI=1S/C20H18INO2SSi/c1-3-10-26(2)17-11-12(23)4-5-13(17)22-14-6-7-15(24)19(20(14)26)16-8-9-18(21)25-16/h4-9,11,23H,3,10H2,1-2H3. The molecular formula is C20H18INO2SSi. The van der Waals surface area contributed by atoms with Crippen molar-refractivity contribution in [2.45, 2.75) is 25.9 Å². The molecule has 1 atom stereocenters. The van der Waals surface area contributed by atoms with Gasteiger partial charge in [0.05, 0.1) is 14.3 Å². The van der Waals surface area contributed by atoms with E-state index >= 15 is 0 Å². The third-order valence-electron chi connectivity index (χ3n) is 5.08. The van der Waals surface area contributed by atoms with Crippen molar-refractivity contribution in [3.63, 3.8) is 0 Å². The van der Waals surface area contributed by atoms with Gasteiger partial charge in [-0.25, -0.2) is 4.99 Å². The van der Waals surface area contributed by atoms with E-state index in [4.69, 9.17) is 4.99 Å². The highest BCUT2D eigenvalue weighted by Crippen LogP contribution is 2.41. The number of hydrogen-bond acceptors (Lipinski definition) is 4. The second-order valence-electron chi connectivity index (χ2n) is 6.83. The lowest BCUT2D eigenvalue weighted by molar-refractivity contribution is -0.109. The molecule has 0 saturated heterocycles. The zero-order valence-electron chi connectivity index (χ0n) is 14.5. The monoisotopic (exact) mass is 491 g/mol. The Balaban J connectivity index is 2.07. The molecule has 1 N–H and O–H groups in total. The third-order valence-corrected chi connectivity index (χ3v) is 11.7. The van der Waals surface area contributed by atoms with Crippen LogP contribution in [0.25, 0.3) is 5.57 Å². The highest BCUT2D eigenvalue weighted by atomic mass is 127. The Morgan fingerprint density at radius 3 is 2.73 bits per heavy atom. The maximum absolute atomic E-state index is 12.9. The van der Waals surface area contributed by atoms with Gasteiger partial charge in [0.15, 0.2) is 5.78 Å². The van der Waals surface area contributed by atoms with Crippen LogP contribution in [-0.4, -0.2) is 24.7 Å². The van der Waals surface area contributed by atoms with Gasteiger partial charge in [0.25, 0.3) is 0 Å². The van der Waals surface area contributed by atoms with Crippen LogP contribution in [0.4, 0.5) is 5.69 Å². The van der Waals surface area contributed by atoms with Crippen molar-refractivity contribution >= 4 is 69.9 Å². The van der Waals surface area contributed by atoms with Gasteiger partial charge < -0.3 is 5.11 Å². The maximum atomic E-state index is 12.9. The molecule has 0 radical (unpaired) electrons. The highest BCUT2D eigenvalue weighted by molar-refractivity contribution is 14.1. The lowest BCUT2D eigenvalue weighted by Gasteiger charge is -2.37. The summed E-state index contributed by atoms with van der Waals surface area (Å²) in [6.45, 7) is 4.49. The number of phenolic OH excluding ortho intramolecular Hbond substituents is 1. The number of halogens is 1. The van der Waals surface area contributed by atoms with Gasteiger partial charge in [-0.1, -0.05) is 19.9 Å². The molecule has 1 aliphatic heterocycles. The Bertz CT molecular complexity index is 1020. The third kappa shape index (κ3) is 2.75. The fourth-order valence-corrected chi connectivity index (χ4v) is 10.2. The zero-order valence-corrected chi connectivity index (χ0v) is 18.5. The molecule has 2 aliphatic rings. The van der Waals surface area contributed by atoms with Crippen LogP contribution in [-0.2, 0) is 4.79 Å². The molecule has 132 valence electrons. The second kappa shape index (κ2) is 6.58. The van der Waals surface area contributed by atoms with Crippen molar-refractivity contribution in [1.82, 2.24) is 0 Å². The van der Waals surface area contributed by atoms with E-state index in [1.807, 2.05) is 24.3 Å². The predicted octanol–water partition coefficient (Wildman–Crippen LogP) is 4.97. The minimum absolute atomic E-state index is 0.0654. The lowest BCUT2D eigenvalue weighted by atomic mass is 10.0. The number of thiophene rings is 1. The minimum atomic E-state index is -2.21. The van der Waals surface area contributed by atoms with Crippen molar-refractivity contribution in [2.24, 2.45) is 4.99 Å². The van der Waals surface area contributed by atoms with Crippen LogP contribution in [0.1, 0.15) is 18.2 Å². The Kier molecular flexibility index (Phi) is 4.52. The number of carbonyl (C=O) groups is 1. The van der Waals surface area contributed by atoms with Crippen LogP contribution in [0.2, 0.25) is 12.6 Å². The Labute approximate surface area is 171 Å². The van der Waals surface area contributed by atoms with Crippen LogP contribution in [0.15, 0.2) is 52.7 Å². The smallest absolute Gasteiger partial charge is 0.187 e. The van der Waals surface area contributed by atoms with Crippen molar-refractivity contribution in [1.29, 1.82) is 0 Å². The van der Waals surface area contributed by atoms with E-state index in [9.17, 15) is 9.90 Å². The average molecular weight is 491 g/mol. The van der Waals surface area contributed by atoms with Gasteiger partial charge in [0.2, 0.25) is 0 Å². The number of benzene rings is 1. The summed E-state index contributed by atoms with van der Waals surface area (Å²) in [4.78, 5) is 18.8. The second-order valence-corrected chi connectivity index (χ2v) is 14.0. The largest absolute Gasteiger partial charge is 0.508 e. The van der Waals surface area contributed by atoms with Gasteiger partial charge in [-0.15, -0.1) is 11.3 Å². The summed E-state index contributed by atoms with van der Waals surface area (Å²) < 4.78 is 1.17. The summed E-state index contributed by atoms with van der Waals surface area (Å²) in [5.41, 5.74) is 2.67. The molecule has 0 fully saturated rings. The normalized spacial score (nSPS) is 21.5. The quantitative estimate of drug-likeness (QED) is 0.375. The molecular weight excluding hydrogens is 473 g/mol. The van der Waals surface area contributed by atoms with Gasteiger partial charge in [-0.2, -0.15) is 0 Å². The summed E-state index contributed by atoms with van der Waals surface area (Å²) >= 11 is 3.95. The first-order valence-electron chi connectivity index (χ1n) is 8.59. The molecule has 26 heavy (non-hydrogen) atoms. The van der Waals surface area contributed by atoms with E-state index in [0.717, 1.165) is 44.7 Å². The number of ketones is 1. The van der Waals surface area contributed by atoms with Crippen LogP contribution in [0.5, 0.6) is 5.75 Å². The molecule has 0 amide bonds. The summed E-state index contributed by atoms with van der Waals surface area (Å²) in [6, 6.07) is 10.6. The Hall–Kier alpha value is -1.51. The highest BCUT2D eigenvalue weighted by Gasteiger charge is 2.44. The minimum Gasteiger partial charge on any atom is -0.508 e. The van der Waals surface area contributed by atoms with E-state index in [1.165, 1.54) is 2.88 Å². The van der Waals surface area contributed by atoms with Gasteiger partial charge >= 0.3 is 0 Å². The molecule has 1 aliphatic carbocycles. The number of aromatic hydroxyl groups is 1. The summed E-state index contributed by atoms with van der Waals surface area (Å²) in [5.74, 6) is 0.332. The van der Waals surface area contributed by atoms with Crippen molar-refractivity contribution in [3.05, 3.63) is 55.4 Å². The topological polar surface area (TPSA) is 49.7 Å². The van der Waals surface area contributed by atoms with Crippen molar-refractivity contribution in [3.8, 4) is 5.75 Å². The number of allylic oxidation sites excluding steroid dienone is 4. The van der Waals surface area contributed by atoms with Crippen LogP contribution >= 0.6 is 33.9 Å². The first-order chi connectivity index (χ1) is 12.4. The van der Waals surface area contributed by atoms with Gasteiger partial charge in [0, 0.05) is 10.5 Å². The molecule has 0 bridgehead atoms. The van der Waals surface area contributed by atoms with Crippen molar-refractivity contribution < 1.29 is 9.90 Å². The molecule has 4 rings (SSSR count).